The van der Waals surface area contributed by atoms with Gasteiger partial charge < -0.3 is 9.47 Å². The highest BCUT2D eigenvalue weighted by Gasteiger charge is 2.18. The van der Waals surface area contributed by atoms with E-state index in [0.717, 1.165) is 39.6 Å². The van der Waals surface area contributed by atoms with E-state index in [9.17, 15) is 4.39 Å². The molecule has 0 spiro atoms. The smallest absolute Gasteiger partial charge is 0.154 e. The molecule has 1 heterocycles. The van der Waals surface area contributed by atoms with Gasteiger partial charge in [-0.3, -0.25) is 5.43 Å². The normalized spacial score (nSPS) is 12.8. The maximum absolute atomic E-state index is 13.3. The Balaban J connectivity index is 1.79. The van der Waals surface area contributed by atoms with Crippen LogP contribution in [0.4, 0.5) is 10.1 Å². The number of benzene rings is 3. The van der Waals surface area contributed by atoms with Gasteiger partial charge in [0.2, 0.25) is 0 Å². The van der Waals surface area contributed by atoms with Crippen molar-refractivity contribution in [3.8, 4) is 11.5 Å². The minimum Gasteiger partial charge on any atom is -0.494 e. The summed E-state index contributed by atoms with van der Waals surface area (Å²) in [5, 5.41) is 4.64. The molecule has 6 heteroatoms. The number of nitrogens with zero attached hydrogens (tertiary/aromatic N) is 2. The second-order valence-corrected chi connectivity index (χ2v) is 6.61. The lowest BCUT2D eigenvalue weighted by molar-refractivity contribution is 0.340. The minimum atomic E-state index is -0.298. The Morgan fingerprint density at radius 2 is 1.43 bits per heavy atom. The quantitative estimate of drug-likeness (QED) is 0.626. The number of hydrogen-bond acceptors (Lipinski definition) is 5. The highest BCUT2D eigenvalue weighted by Crippen LogP contribution is 2.30. The summed E-state index contributed by atoms with van der Waals surface area (Å²) in [5.74, 6) is 1.79. The van der Waals surface area contributed by atoms with Crippen LogP contribution >= 0.6 is 0 Å². The molecule has 0 aromatic heterocycles. The van der Waals surface area contributed by atoms with Crippen molar-refractivity contribution in [2.24, 2.45) is 10.1 Å². The zero-order chi connectivity index (χ0) is 20.9. The van der Waals surface area contributed by atoms with Crippen LogP contribution in [0.15, 0.2) is 76.8 Å². The molecule has 30 heavy (non-hydrogen) atoms. The molecule has 0 saturated carbocycles. The van der Waals surface area contributed by atoms with E-state index < -0.39 is 0 Å². The molecule has 3 aromatic carbocycles. The van der Waals surface area contributed by atoms with Crippen molar-refractivity contribution >= 4 is 17.2 Å². The Morgan fingerprint density at radius 3 is 2.13 bits per heavy atom. The Labute approximate surface area is 174 Å². The van der Waals surface area contributed by atoms with Crippen molar-refractivity contribution in [2.75, 3.05) is 13.2 Å². The van der Waals surface area contributed by atoms with Gasteiger partial charge in [0.15, 0.2) is 5.84 Å². The van der Waals surface area contributed by atoms with Crippen LogP contribution in [-0.4, -0.2) is 24.8 Å². The zero-order valence-corrected chi connectivity index (χ0v) is 16.9. The number of rotatable bonds is 6. The first kappa shape index (κ1) is 19.6. The van der Waals surface area contributed by atoms with Crippen LogP contribution in [0.5, 0.6) is 11.5 Å². The van der Waals surface area contributed by atoms with Gasteiger partial charge in [0, 0.05) is 16.7 Å². The summed E-state index contributed by atoms with van der Waals surface area (Å²) in [6, 6.07) is 19.6. The molecule has 1 aliphatic rings. The van der Waals surface area contributed by atoms with E-state index in [-0.39, 0.29) is 5.82 Å². The van der Waals surface area contributed by atoms with E-state index in [1.54, 1.807) is 12.1 Å². The zero-order valence-electron chi connectivity index (χ0n) is 16.9. The van der Waals surface area contributed by atoms with Gasteiger partial charge in [-0.25, -0.2) is 9.38 Å². The molecule has 4 rings (SSSR count). The first-order chi connectivity index (χ1) is 14.7. The molecule has 0 atom stereocenters. The molecule has 0 saturated heterocycles. The summed E-state index contributed by atoms with van der Waals surface area (Å²) in [7, 11) is 0. The van der Waals surface area contributed by atoms with Gasteiger partial charge in [0.05, 0.1) is 18.9 Å². The van der Waals surface area contributed by atoms with E-state index in [4.69, 9.17) is 14.5 Å². The molecule has 0 aliphatic carbocycles. The fourth-order valence-electron chi connectivity index (χ4n) is 3.21. The maximum atomic E-state index is 13.3. The maximum Gasteiger partial charge on any atom is 0.154 e. The van der Waals surface area contributed by atoms with Crippen LogP contribution in [0, 0.1) is 5.82 Å². The van der Waals surface area contributed by atoms with Gasteiger partial charge in [0.25, 0.3) is 0 Å². The van der Waals surface area contributed by atoms with E-state index >= 15 is 0 Å². The summed E-state index contributed by atoms with van der Waals surface area (Å²) in [6.45, 7) is 5.07. The molecule has 152 valence electrons. The fourth-order valence-corrected chi connectivity index (χ4v) is 3.21. The van der Waals surface area contributed by atoms with Gasteiger partial charge in [0.1, 0.15) is 23.0 Å². The van der Waals surface area contributed by atoms with Gasteiger partial charge in [-0.05, 0) is 80.6 Å². The largest absolute Gasteiger partial charge is 0.494 e. The van der Waals surface area contributed by atoms with Crippen molar-refractivity contribution in [3.05, 3.63) is 89.2 Å². The standard InChI is InChI=1S/C24H22FN3O2/c1-3-29-19-11-7-16(8-12-19)23-21-15-20(30-4-2)13-14-22(21)26-24(28-27-23)17-5-9-18(25)10-6-17/h5-15H,3-4H2,1-2H3,(H,26,28). The van der Waals surface area contributed by atoms with Gasteiger partial charge >= 0.3 is 0 Å². The van der Waals surface area contributed by atoms with Crippen molar-refractivity contribution in [1.82, 2.24) is 5.43 Å². The van der Waals surface area contributed by atoms with Gasteiger partial charge in [-0.15, -0.1) is 0 Å². The number of hydrazone groups is 1. The highest BCUT2D eigenvalue weighted by molar-refractivity contribution is 6.18. The number of nitrogens with one attached hydrogen (secondary N) is 1. The number of fused-ring (bicyclic) bond motifs is 1. The molecule has 0 radical (unpaired) electrons. The minimum absolute atomic E-state index is 0.298. The Hall–Kier alpha value is -3.67. The van der Waals surface area contributed by atoms with Crippen LogP contribution in [0.25, 0.3) is 0 Å². The monoisotopic (exact) mass is 403 g/mol. The predicted molar refractivity (Wildman–Crippen MR) is 117 cm³/mol. The molecule has 3 aromatic rings. The van der Waals surface area contributed by atoms with E-state index in [0.29, 0.717) is 19.0 Å². The van der Waals surface area contributed by atoms with Crippen LogP contribution in [-0.2, 0) is 0 Å². The lowest BCUT2D eigenvalue weighted by Crippen LogP contribution is -2.19. The summed E-state index contributed by atoms with van der Waals surface area (Å²) >= 11 is 0. The van der Waals surface area contributed by atoms with Crippen molar-refractivity contribution in [3.63, 3.8) is 0 Å². The third-order valence-corrected chi connectivity index (χ3v) is 4.60. The molecule has 5 nitrogen and oxygen atoms in total. The van der Waals surface area contributed by atoms with Crippen LogP contribution in [0.1, 0.15) is 30.5 Å². The molecular weight excluding hydrogens is 381 g/mol. The van der Waals surface area contributed by atoms with Gasteiger partial charge in [-0.2, -0.15) is 5.10 Å². The van der Waals surface area contributed by atoms with E-state index in [2.05, 4.69) is 10.5 Å². The summed E-state index contributed by atoms with van der Waals surface area (Å²) in [6.07, 6.45) is 0. The Bertz CT molecular complexity index is 1090. The fraction of sp³-hybridized carbons (Fsp3) is 0.167. The summed E-state index contributed by atoms with van der Waals surface area (Å²) in [5.41, 5.74) is 7.02. The molecular formula is C24H22FN3O2. The first-order valence-electron chi connectivity index (χ1n) is 9.86. The van der Waals surface area contributed by atoms with Gasteiger partial charge in [-0.1, -0.05) is 0 Å². The van der Waals surface area contributed by atoms with Crippen LogP contribution < -0.4 is 14.9 Å². The molecule has 1 N–H and O–H groups in total. The Morgan fingerprint density at radius 1 is 0.800 bits per heavy atom. The number of hydrogen-bond donors (Lipinski definition) is 1. The van der Waals surface area contributed by atoms with E-state index in [1.165, 1.54) is 12.1 Å². The second-order valence-electron chi connectivity index (χ2n) is 6.61. The SMILES string of the molecule is CCOc1ccc(C2=NNC(c3ccc(F)cc3)=Nc3ccc(OCC)cc32)cc1. The third kappa shape index (κ3) is 4.17. The number of amidine groups is 1. The highest BCUT2D eigenvalue weighted by atomic mass is 19.1. The lowest BCUT2D eigenvalue weighted by Gasteiger charge is -2.11. The molecule has 0 fully saturated rings. The third-order valence-electron chi connectivity index (χ3n) is 4.60. The first-order valence-corrected chi connectivity index (χ1v) is 9.86. The van der Waals surface area contributed by atoms with Crippen molar-refractivity contribution in [1.29, 1.82) is 0 Å². The number of ether oxygens (including phenoxy) is 2. The summed E-state index contributed by atoms with van der Waals surface area (Å²) in [4.78, 5) is 4.75. The molecule has 0 unspecified atom stereocenters. The Kier molecular flexibility index (Phi) is 5.75. The van der Waals surface area contributed by atoms with Crippen LogP contribution in [0.3, 0.4) is 0 Å². The average molecular weight is 403 g/mol. The number of aliphatic imine (C=N–C) groups is 1. The van der Waals surface area contributed by atoms with Crippen molar-refractivity contribution in [2.45, 2.75) is 13.8 Å². The number of halogens is 1. The van der Waals surface area contributed by atoms with Crippen LogP contribution in [0.2, 0.25) is 0 Å². The van der Waals surface area contributed by atoms with E-state index in [1.807, 2.05) is 56.3 Å². The summed E-state index contributed by atoms with van der Waals surface area (Å²) < 4.78 is 24.6. The lowest BCUT2D eigenvalue weighted by atomic mass is 10.0. The van der Waals surface area contributed by atoms with Crippen molar-refractivity contribution < 1.29 is 13.9 Å². The second kappa shape index (κ2) is 8.78. The molecule has 0 amide bonds. The average Bonchev–Trinajstić information content (AvgIpc) is 2.95. The predicted octanol–water partition coefficient (Wildman–Crippen LogP) is 5.06. The molecule has 1 aliphatic heterocycles. The topological polar surface area (TPSA) is 55.2 Å². The molecule has 0 bridgehead atoms.